The SMILES string of the molecule is CC(C)(C)OC(N)=O.NC1CCN(C(=O)OCC2c3ccccc3-c3ccccc32)CC1. The summed E-state index contributed by atoms with van der Waals surface area (Å²) in [6.07, 6.45) is 0.759. The number of likely N-dealkylation sites (tertiary alicyclic amines) is 1. The van der Waals surface area contributed by atoms with Crippen LogP contribution in [0, 0.1) is 0 Å². The Morgan fingerprint density at radius 3 is 1.91 bits per heavy atom. The Hall–Kier alpha value is -3.06. The first kappa shape index (κ1) is 23.6. The van der Waals surface area contributed by atoms with Crippen LogP contribution in [-0.2, 0) is 9.47 Å². The summed E-state index contributed by atoms with van der Waals surface area (Å²) in [5.41, 5.74) is 15.1. The van der Waals surface area contributed by atoms with E-state index in [1.807, 2.05) is 12.1 Å². The van der Waals surface area contributed by atoms with Gasteiger partial charge in [-0.2, -0.15) is 0 Å². The molecule has 32 heavy (non-hydrogen) atoms. The van der Waals surface area contributed by atoms with Gasteiger partial charge in [-0.15, -0.1) is 0 Å². The molecule has 7 heteroatoms. The zero-order valence-electron chi connectivity index (χ0n) is 19.0. The van der Waals surface area contributed by atoms with Crippen molar-refractivity contribution in [3.8, 4) is 11.1 Å². The molecule has 1 saturated heterocycles. The van der Waals surface area contributed by atoms with Crippen molar-refractivity contribution < 1.29 is 19.1 Å². The average Bonchev–Trinajstić information content (AvgIpc) is 3.05. The highest BCUT2D eigenvalue weighted by Gasteiger charge is 2.30. The van der Waals surface area contributed by atoms with Gasteiger partial charge in [0.15, 0.2) is 0 Å². The van der Waals surface area contributed by atoms with E-state index in [0.29, 0.717) is 19.7 Å². The van der Waals surface area contributed by atoms with Crippen LogP contribution in [0.15, 0.2) is 48.5 Å². The van der Waals surface area contributed by atoms with Crippen molar-refractivity contribution in [1.29, 1.82) is 0 Å². The van der Waals surface area contributed by atoms with Gasteiger partial charge in [-0.3, -0.25) is 0 Å². The maximum Gasteiger partial charge on any atom is 0.409 e. The number of nitrogens with two attached hydrogens (primary N) is 2. The number of amides is 2. The third-order valence-corrected chi connectivity index (χ3v) is 5.54. The molecule has 1 aliphatic heterocycles. The zero-order valence-corrected chi connectivity index (χ0v) is 19.0. The van der Waals surface area contributed by atoms with E-state index < -0.39 is 11.7 Å². The van der Waals surface area contributed by atoms with Crippen molar-refractivity contribution >= 4 is 12.2 Å². The average molecular weight is 440 g/mol. The fourth-order valence-corrected chi connectivity index (χ4v) is 4.07. The van der Waals surface area contributed by atoms with Crippen molar-refractivity contribution in [3.05, 3.63) is 59.7 Å². The summed E-state index contributed by atoms with van der Waals surface area (Å²) in [6, 6.07) is 17.0. The monoisotopic (exact) mass is 439 g/mol. The lowest BCUT2D eigenvalue weighted by molar-refractivity contribution is 0.0599. The second-order valence-corrected chi connectivity index (χ2v) is 9.16. The Morgan fingerprint density at radius 2 is 1.47 bits per heavy atom. The maximum absolute atomic E-state index is 12.3. The molecule has 0 unspecified atom stereocenters. The van der Waals surface area contributed by atoms with E-state index in [4.69, 9.17) is 16.2 Å². The number of ether oxygens (including phenoxy) is 2. The Balaban J connectivity index is 0.000000312. The minimum absolute atomic E-state index is 0.119. The van der Waals surface area contributed by atoms with Gasteiger partial charge < -0.3 is 25.8 Å². The number of carbonyl (C=O) groups excluding carboxylic acids is 2. The molecule has 0 spiro atoms. The van der Waals surface area contributed by atoms with Crippen molar-refractivity contribution in [1.82, 2.24) is 4.90 Å². The van der Waals surface area contributed by atoms with Gasteiger partial charge in [0.2, 0.25) is 0 Å². The van der Waals surface area contributed by atoms with E-state index in [1.54, 1.807) is 25.7 Å². The van der Waals surface area contributed by atoms with Crippen LogP contribution in [0.1, 0.15) is 50.7 Å². The largest absolute Gasteiger partial charge is 0.448 e. The van der Waals surface area contributed by atoms with E-state index in [2.05, 4.69) is 41.1 Å². The first-order valence-corrected chi connectivity index (χ1v) is 11.0. The van der Waals surface area contributed by atoms with Gasteiger partial charge in [-0.05, 0) is 55.9 Å². The minimum Gasteiger partial charge on any atom is -0.448 e. The van der Waals surface area contributed by atoms with Crippen molar-refractivity contribution in [2.75, 3.05) is 19.7 Å². The number of nitrogens with zero attached hydrogens (tertiary/aromatic N) is 1. The fraction of sp³-hybridized carbons (Fsp3) is 0.440. The molecule has 0 saturated carbocycles. The maximum atomic E-state index is 12.3. The second-order valence-electron chi connectivity index (χ2n) is 9.16. The Labute approximate surface area is 189 Å². The minimum atomic E-state index is -0.725. The number of rotatable bonds is 2. The summed E-state index contributed by atoms with van der Waals surface area (Å²) >= 11 is 0. The van der Waals surface area contributed by atoms with Crippen LogP contribution in [0.4, 0.5) is 9.59 Å². The lowest BCUT2D eigenvalue weighted by Crippen LogP contribution is -2.43. The molecule has 0 radical (unpaired) electrons. The molecule has 0 atom stereocenters. The summed E-state index contributed by atoms with van der Waals surface area (Å²) in [7, 11) is 0. The van der Waals surface area contributed by atoms with Crippen molar-refractivity contribution in [2.24, 2.45) is 11.5 Å². The number of carbonyl (C=O) groups is 2. The van der Waals surface area contributed by atoms with Gasteiger partial charge in [-0.1, -0.05) is 48.5 Å². The van der Waals surface area contributed by atoms with Crippen molar-refractivity contribution in [3.63, 3.8) is 0 Å². The van der Waals surface area contributed by atoms with Gasteiger partial charge in [0.05, 0.1) is 0 Å². The number of hydrogen-bond acceptors (Lipinski definition) is 5. The number of benzene rings is 2. The molecule has 1 fully saturated rings. The van der Waals surface area contributed by atoms with E-state index in [1.165, 1.54) is 22.3 Å². The highest BCUT2D eigenvalue weighted by atomic mass is 16.6. The quantitative estimate of drug-likeness (QED) is 0.728. The molecular weight excluding hydrogens is 406 g/mol. The predicted octanol–water partition coefficient (Wildman–Crippen LogP) is 4.24. The van der Waals surface area contributed by atoms with Crippen LogP contribution in [0.2, 0.25) is 0 Å². The molecule has 172 valence electrons. The summed E-state index contributed by atoms with van der Waals surface area (Å²) in [5, 5.41) is 0. The normalized spacial score (nSPS) is 15.8. The molecule has 0 aromatic heterocycles. The van der Waals surface area contributed by atoms with Gasteiger partial charge in [-0.25, -0.2) is 9.59 Å². The number of fused-ring (bicyclic) bond motifs is 3. The molecule has 0 bridgehead atoms. The number of piperidine rings is 1. The summed E-state index contributed by atoms with van der Waals surface area (Å²) in [5.74, 6) is 0.119. The lowest BCUT2D eigenvalue weighted by atomic mass is 9.98. The number of primary amides is 1. The van der Waals surface area contributed by atoms with Crippen LogP contribution in [-0.4, -0.2) is 48.4 Å². The topological polar surface area (TPSA) is 108 Å². The fourth-order valence-electron chi connectivity index (χ4n) is 4.07. The van der Waals surface area contributed by atoms with E-state index in [9.17, 15) is 9.59 Å². The summed E-state index contributed by atoms with van der Waals surface area (Å²) in [4.78, 5) is 24.1. The predicted molar refractivity (Wildman–Crippen MR) is 124 cm³/mol. The Morgan fingerprint density at radius 1 is 0.969 bits per heavy atom. The highest BCUT2D eigenvalue weighted by Crippen LogP contribution is 2.44. The van der Waals surface area contributed by atoms with Crippen LogP contribution in [0.3, 0.4) is 0 Å². The third-order valence-electron chi connectivity index (χ3n) is 5.54. The van der Waals surface area contributed by atoms with Gasteiger partial charge in [0, 0.05) is 25.0 Å². The van der Waals surface area contributed by atoms with Crippen LogP contribution < -0.4 is 11.5 Å². The second kappa shape index (κ2) is 10.0. The first-order valence-electron chi connectivity index (χ1n) is 11.0. The summed E-state index contributed by atoms with van der Waals surface area (Å²) in [6.45, 7) is 7.05. The molecule has 7 nitrogen and oxygen atoms in total. The molecule has 1 heterocycles. The Bertz CT molecular complexity index is 901. The third kappa shape index (κ3) is 6.01. The standard InChI is InChI=1S/C20H22N2O2.C5H11NO2/c21-14-9-11-22(12-10-14)20(23)24-13-19-17-7-3-1-5-15(17)16-6-2-4-8-18(16)19;1-5(2,3)8-4(6)7/h1-8,14,19H,9-13,21H2;1-3H3,(H2,6,7). The van der Waals surface area contributed by atoms with Crippen molar-refractivity contribution in [2.45, 2.75) is 51.2 Å². The molecule has 2 aromatic carbocycles. The highest BCUT2D eigenvalue weighted by molar-refractivity contribution is 5.79. The van der Waals surface area contributed by atoms with E-state index >= 15 is 0 Å². The summed E-state index contributed by atoms with van der Waals surface area (Å²) < 4.78 is 10.2. The van der Waals surface area contributed by atoms with Crippen LogP contribution in [0.25, 0.3) is 11.1 Å². The lowest BCUT2D eigenvalue weighted by Gasteiger charge is -2.29. The smallest absolute Gasteiger partial charge is 0.409 e. The molecular formula is C25H33N3O4. The van der Waals surface area contributed by atoms with Gasteiger partial charge in [0.25, 0.3) is 0 Å². The van der Waals surface area contributed by atoms with Crippen LogP contribution in [0.5, 0.6) is 0 Å². The molecule has 4 rings (SSSR count). The molecule has 2 aromatic rings. The molecule has 4 N–H and O–H groups in total. The molecule has 2 amide bonds. The van der Waals surface area contributed by atoms with E-state index in [0.717, 1.165) is 12.8 Å². The first-order chi connectivity index (χ1) is 15.2. The zero-order chi connectivity index (χ0) is 23.3. The number of hydrogen-bond donors (Lipinski definition) is 2. The van der Waals surface area contributed by atoms with Crippen LogP contribution >= 0.6 is 0 Å². The molecule has 2 aliphatic rings. The van der Waals surface area contributed by atoms with Gasteiger partial charge >= 0.3 is 12.2 Å². The molecule has 1 aliphatic carbocycles. The van der Waals surface area contributed by atoms with E-state index in [-0.39, 0.29) is 18.1 Å². The Kier molecular flexibility index (Phi) is 7.40. The van der Waals surface area contributed by atoms with Gasteiger partial charge in [0.1, 0.15) is 12.2 Å².